The van der Waals surface area contributed by atoms with Gasteiger partial charge in [-0.1, -0.05) is 6.07 Å². The third-order valence-corrected chi connectivity index (χ3v) is 2.90. The van der Waals surface area contributed by atoms with Gasteiger partial charge in [0, 0.05) is 17.3 Å². The molecule has 0 atom stereocenters. The van der Waals surface area contributed by atoms with Crippen LogP contribution in [0.2, 0.25) is 0 Å². The van der Waals surface area contributed by atoms with Gasteiger partial charge in [0.25, 0.3) is 0 Å². The monoisotopic (exact) mass is 228 g/mol. The highest BCUT2D eigenvalue weighted by Gasteiger charge is 2.06. The lowest BCUT2D eigenvalue weighted by molar-refractivity contribution is 0.967. The van der Waals surface area contributed by atoms with Crippen LogP contribution in [0.25, 0.3) is 0 Å². The van der Waals surface area contributed by atoms with Crippen molar-refractivity contribution < 1.29 is 0 Å². The van der Waals surface area contributed by atoms with Crippen molar-refractivity contribution in [1.29, 1.82) is 5.26 Å². The number of rotatable bonds is 2. The molecular weight excluding hydrogens is 220 g/mol. The zero-order chi connectivity index (χ0) is 11.4. The molecule has 2 aromatic rings. The normalized spacial score (nSPS) is 9.69. The number of nitriles is 1. The third-order valence-electron chi connectivity index (χ3n) is 1.93. The summed E-state index contributed by atoms with van der Waals surface area (Å²) in [5.74, 6) is 0. The molecule has 0 aliphatic carbocycles. The van der Waals surface area contributed by atoms with Gasteiger partial charge in [0.15, 0.2) is 5.16 Å². The molecule has 0 aliphatic rings. The van der Waals surface area contributed by atoms with Gasteiger partial charge in [-0.25, -0.2) is 9.97 Å². The predicted octanol–water partition coefficient (Wildman–Crippen LogP) is 2.08. The summed E-state index contributed by atoms with van der Waals surface area (Å²) in [5, 5.41) is 9.45. The molecule has 0 spiro atoms. The van der Waals surface area contributed by atoms with Crippen molar-refractivity contribution in [3.05, 3.63) is 42.2 Å². The van der Waals surface area contributed by atoms with Crippen LogP contribution in [0, 0.1) is 11.3 Å². The Morgan fingerprint density at radius 2 is 1.94 bits per heavy atom. The molecule has 0 amide bonds. The minimum atomic E-state index is 0.473. The van der Waals surface area contributed by atoms with E-state index in [1.807, 2.05) is 12.1 Å². The van der Waals surface area contributed by atoms with Crippen molar-refractivity contribution in [1.82, 2.24) is 9.97 Å². The van der Waals surface area contributed by atoms with Gasteiger partial charge in [0.2, 0.25) is 0 Å². The Morgan fingerprint density at radius 3 is 2.62 bits per heavy atom. The Hall–Kier alpha value is -2.06. The maximum atomic E-state index is 8.84. The fraction of sp³-hybridized carbons (Fsp3) is 0. The van der Waals surface area contributed by atoms with Gasteiger partial charge in [0.05, 0.1) is 11.3 Å². The van der Waals surface area contributed by atoms with E-state index in [1.54, 1.807) is 30.6 Å². The standard InChI is InChI=1S/C11H8N4S/c12-7-8-3-1-4-9(10(8)13)16-11-14-5-2-6-15-11/h1-6H,13H2. The number of benzene rings is 1. The Bertz CT molecular complexity index is 533. The molecule has 1 aromatic carbocycles. The maximum Gasteiger partial charge on any atom is 0.192 e. The van der Waals surface area contributed by atoms with E-state index in [4.69, 9.17) is 11.0 Å². The Morgan fingerprint density at radius 1 is 1.19 bits per heavy atom. The molecule has 0 bridgehead atoms. The zero-order valence-electron chi connectivity index (χ0n) is 8.29. The second-order valence-corrected chi connectivity index (χ2v) is 3.97. The number of nitrogens with two attached hydrogens (primary N) is 1. The maximum absolute atomic E-state index is 8.84. The van der Waals surface area contributed by atoms with Gasteiger partial charge < -0.3 is 5.73 Å². The molecule has 0 radical (unpaired) electrons. The summed E-state index contributed by atoms with van der Waals surface area (Å²) < 4.78 is 0. The summed E-state index contributed by atoms with van der Waals surface area (Å²) in [6, 6.07) is 9.11. The van der Waals surface area contributed by atoms with Crippen LogP contribution in [-0.4, -0.2) is 9.97 Å². The van der Waals surface area contributed by atoms with E-state index in [1.165, 1.54) is 11.8 Å². The summed E-state index contributed by atoms with van der Waals surface area (Å²) >= 11 is 1.35. The van der Waals surface area contributed by atoms with Gasteiger partial charge in [-0.15, -0.1) is 0 Å². The van der Waals surface area contributed by atoms with E-state index in [0.29, 0.717) is 16.4 Å². The Labute approximate surface area is 97.1 Å². The fourth-order valence-corrected chi connectivity index (χ4v) is 1.96. The quantitative estimate of drug-likeness (QED) is 0.629. The van der Waals surface area contributed by atoms with E-state index in [0.717, 1.165) is 4.90 Å². The second kappa shape index (κ2) is 4.64. The number of anilines is 1. The van der Waals surface area contributed by atoms with Crippen LogP contribution in [0.3, 0.4) is 0 Å². The van der Waals surface area contributed by atoms with Crippen LogP contribution < -0.4 is 5.73 Å². The highest BCUT2D eigenvalue weighted by Crippen LogP contribution is 2.31. The lowest BCUT2D eigenvalue weighted by Gasteiger charge is -2.04. The van der Waals surface area contributed by atoms with Gasteiger partial charge in [-0.3, -0.25) is 0 Å². The molecule has 16 heavy (non-hydrogen) atoms. The average molecular weight is 228 g/mol. The average Bonchev–Trinajstić information content (AvgIpc) is 2.33. The Balaban J connectivity index is 2.33. The molecule has 0 aliphatic heterocycles. The summed E-state index contributed by atoms with van der Waals surface area (Å²) in [6.07, 6.45) is 3.33. The first-order valence-electron chi connectivity index (χ1n) is 4.54. The summed E-state index contributed by atoms with van der Waals surface area (Å²) in [5.41, 5.74) is 6.79. The summed E-state index contributed by atoms with van der Waals surface area (Å²) in [7, 11) is 0. The van der Waals surface area contributed by atoms with Crippen molar-refractivity contribution in [2.75, 3.05) is 5.73 Å². The molecule has 2 N–H and O–H groups in total. The molecule has 0 fully saturated rings. The fourth-order valence-electron chi connectivity index (χ4n) is 1.17. The smallest absolute Gasteiger partial charge is 0.192 e. The number of para-hydroxylation sites is 1. The number of hydrogen-bond acceptors (Lipinski definition) is 5. The molecule has 0 saturated carbocycles. The van der Waals surface area contributed by atoms with Crippen LogP contribution >= 0.6 is 11.8 Å². The number of hydrogen-bond donors (Lipinski definition) is 1. The van der Waals surface area contributed by atoms with Gasteiger partial charge in [0.1, 0.15) is 6.07 Å². The van der Waals surface area contributed by atoms with E-state index in [-0.39, 0.29) is 0 Å². The molecule has 2 rings (SSSR count). The minimum absolute atomic E-state index is 0.473. The van der Waals surface area contributed by atoms with Gasteiger partial charge >= 0.3 is 0 Å². The van der Waals surface area contributed by atoms with E-state index in [9.17, 15) is 0 Å². The van der Waals surface area contributed by atoms with Gasteiger partial charge in [-0.2, -0.15) is 5.26 Å². The minimum Gasteiger partial charge on any atom is -0.397 e. The van der Waals surface area contributed by atoms with Crippen LogP contribution in [0.4, 0.5) is 5.69 Å². The predicted molar refractivity (Wildman–Crippen MR) is 61.7 cm³/mol. The van der Waals surface area contributed by atoms with Gasteiger partial charge in [-0.05, 0) is 30.0 Å². The van der Waals surface area contributed by atoms with Crippen molar-refractivity contribution >= 4 is 17.4 Å². The highest BCUT2D eigenvalue weighted by molar-refractivity contribution is 7.99. The first kappa shape index (κ1) is 10.5. The first-order valence-corrected chi connectivity index (χ1v) is 5.36. The number of nitrogen functional groups attached to an aromatic ring is 1. The molecule has 78 valence electrons. The molecule has 1 aromatic heterocycles. The van der Waals surface area contributed by atoms with E-state index < -0.39 is 0 Å². The number of aromatic nitrogens is 2. The lowest BCUT2D eigenvalue weighted by atomic mass is 10.2. The van der Waals surface area contributed by atoms with Crippen molar-refractivity contribution in [3.8, 4) is 6.07 Å². The van der Waals surface area contributed by atoms with Crippen LogP contribution in [-0.2, 0) is 0 Å². The van der Waals surface area contributed by atoms with Crippen LogP contribution in [0.15, 0.2) is 46.7 Å². The first-order chi connectivity index (χ1) is 7.81. The van der Waals surface area contributed by atoms with Crippen LogP contribution in [0.5, 0.6) is 0 Å². The van der Waals surface area contributed by atoms with Crippen molar-refractivity contribution in [2.45, 2.75) is 10.1 Å². The molecule has 4 nitrogen and oxygen atoms in total. The Kier molecular flexibility index (Phi) is 3.03. The molecule has 0 saturated heterocycles. The van der Waals surface area contributed by atoms with Crippen LogP contribution in [0.1, 0.15) is 5.56 Å². The molecule has 0 unspecified atom stereocenters. The molecule has 5 heteroatoms. The topological polar surface area (TPSA) is 75.6 Å². The van der Waals surface area contributed by atoms with E-state index >= 15 is 0 Å². The summed E-state index contributed by atoms with van der Waals surface area (Å²) in [4.78, 5) is 8.96. The van der Waals surface area contributed by atoms with Crippen molar-refractivity contribution in [3.63, 3.8) is 0 Å². The SMILES string of the molecule is N#Cc1cccc(Sc2ncccn2)c1N. The zero-order valence-corrected chi connectivity index (χ0v) is 9.11. The highest BCUT2D eigenvalue weighted by atomic mass is 32.2. The van der Waals surface area contributed by atoms with Crippen molar-refractivity contribution in [2.24, 2.45) is 0 Å². The lowest BCUT2D eigenvalue weighted by Crippen LogP contribution is -1.93. The molecule has 1 heterocycles. The summed E-state index contributed by atoms with van der Waals surface area (Å²) in [6.45, 7) is 0. The molecular formula is C11H8N4S. The van der Waals surface area contributed by atoms with E-state index in [2.05, 4.69) is 9.97 Å². The number of nitrogens with zero attached hydrogens (tertiary/aromatic N) is 3. The second-order valence-electron chi connectivity index (χ2n) is 2.96. The largest absolute Gasteiger partial charge is 0.397 e. The third kappa shape index (κ3) is 2.12.